The summed E-state index contributed by atoms with van der Waals surface area (Å²) in [7, 11) is 0. The predicted molar refractivity (Wildman–Crippen MR) is 128 cm³/mol. The van der Waals surface area contributed by atoms with Crippen LogP contribution in [0, 0.1) is 35.5 Å². The highest BCUT2D eigenvalue weighted by Crippen LogP contribution is 2.44. The number of hydrogen-bond acceptors (Lipinski definition) is 4. The molecule has 4 rings (SSSR count). The van der Waals surface area contributed by atoms with E-state index >= 15 is 0 Å². The Morgan fingerprint density at radius 1 is 0.676 bits per heavy atom. The molecule has 192 valence electrons. The highest BCUT2D eigenvalue weighted by atomic mass is 19.3. The van der Waals surface area contributed by atoms with Crippen LogP contribution in [0.4, 0.5) is 8.78 Å². The first-order valence-corrected chi connectivity index (χ1v) is 13.4. The standard InChI is InChI=1S/C28H42F2O4/c1-2-3-4-5-6-20-7-9-21(10-8-20)22-11-13-23(14-12-22)24-16-33-28(34-17-24)25-18-31-27(32-19-25)15-26(29)30/h2,5-6,15,20-25,27-28H,1,3-4,7-14,16-19H2. The lowest BCUT2D eigenvalue weighted by molar-refractivity contribution is -0.276. The molecule has 0 unspecified atom stereocenters. The third-order valence-electron chi connectivity index (χ3n) is 8.46. The smallest absolute Gasteiger partial charge is 0.271 e. The summed E-state index contributed by atoms with van der Waals surface area (Å²) in [6, 6.07) is 0. The summed E-state index contributed by atoms with van der Waals surface area (Å²) in [5, 5.41) is 0. The highest BCUT2D eigenvalue weighted by Gasteiger charge is 2.38. The number of allylic oxidation sites excluding steroid dienone is 3. The van der Waals surface area contributed by atoms with Crippen LogP contribution in [0.15, 0.2) is 37.0 Å². The van der Waals surface area contributed by atoms with Gasteiger partial charge in [0.25, 0.3) is 6.08 Å². The van der Waals surface area contributed by atoms with E-state index in [4.69, 9.17) is 18.9 Å². The Morgan fingerprint density at radius 3 is 1.76 bits per heavy atom. The highest BCUT2D eigenvalue weighted by molar-refractivity contribution is 4.94. The molecule has 0 amide bonds. The first kappa shape index (κ1) is 26.0. The van der Waals surface area contributed by atoms with Gasteiger partial charge in [0.05, 0.1) is 32.3 Å². The number of hydrogen-bond donors (Lipinski definition) is 0. The third-order valence-corrected chi connectivity index (χ3v) is 8.46. The van der Waals surface area contributed by atoms with Crippen LogP contribution in [0.5, 0.6) is 0 Å². The molecule has 2 saturated carbocycles. The molecule has 0 aromatic heterocycles. The maximum absolute atomic E-state index is 12.3. The van der Waals surface area contributed by atoms with E-state index < -0.39 is 12.4 Å². The van der Waals surface area contributed by atoms with Gasteiger partial charge in [0.15, 0.2) is 12.6 Å². The quantitative estimate of drug-likeness (QED) is 0.280. The second-order valence-corrected chi connectivity index (χ2v) is 10.7. The lowest BCUT2D eigenvalue weighted by atomic mass is 9.67. The summed E-state index contributed by atoms with van der Waals surface area (Å²) < 4.78 is 47.5. The Kier molecular flexibility index (Phi) is 10.2. The molecule has 0 spiro atoms. The van der Waals surface area contributed by atoms with Gasteiger partial charge in [0, 0.05) is 12.0 Å². The second kappa shape index (κ2) is 13.3. The summed E-state index contributed by atoms with van der Waals surface area (Å²) in [5.74, 6) is 3.66. The Hall–Kier alpha value is -1.08. The maximum Gasteiger partial charge on any atom is 0.271 e. The van der Waals surface area contributed by atoms with Crippen molar-refractivity contribution in [2.45, 2.75) is 76.8 Å². The minimum absolute atomic E-state index is 0.0732. The fraction of sp³-hybridized carbons (Fsp3) is 0.786. The number of unbranched alkanes of at least 4 members (excludes halogenated alkanes) is 1. The van der Waals surface area contributed by atoms with E-state index in [1.807, 2.05) is 6.08 Å². The Balaban J connectivity index is 1.12. The van der Waals surface area contributed by atoms with Gasteiger partial charge < -0.3 is 18.9 Å². The average Bonchev–Trinajstić information content (AvgIpc) is 2.87. The minimum Gasteiger partial charge on any atom is -0.352 e. The van der Waals surface area contributed by atoms with Crippen molar-refractivity contribution in [2.75, 3.05) is 26.4 Å². The van der Waals surface area contributed by atoms with Gasteiger partial charge >= 0.3 is 0 Å². The fourth-order valence-electron chi connectivity index (χ4n) is 6.37. The van der Waals surface area contributed by atoms with Crippen molar-refractivity contribution in [1.82, 2.24) is 0 Å². The van der Waals surface area contributed by atoms with Crippen LogP contribution in [0.1, 0.15) is 64.2 Å². The molecular weight excluding hydrogens is 438 g/mol. The molecular formula is C28H42F2O4. The van der Waals surface area contributed by atoms with E-state index in [0.717, 1.165) is 30.6 Å². The first-order valence-electron chi connectivity index (χ1n) is 13.4. The van der Waals surface area contributed by atoms with Gasteiger partial charge in [0.1, 0.15) is 0 Å². The van der Waals surface area contributed by atoms with Crippen LogP contribution in [0.3, 0.4) is 0 Å². The van der Waals surface area contributed by atoms with E-state index in [0.29, 0.717) is 44.3 Å². The van der Waals surface area contributed by atoms with Crippen LogP contribution >= 0.6 is 0 Å². The summed E-state index contributed by atoms with van der Waals surface area (Å²) in [6.07, 6.45) is 17.3. The van der Waals surface area contributed by atoms with Crippen molar-refractivity contribution in [3.05, 3.63) is 37.0 Å². The first-order chi connectivity index (χ1) is 16.6. The molecule has 0 N–H and O–H groups in total. The van der Waals surface area contributed by atoms with Crippen LogP contribution < -0.4 is 0 Å². The number of halogens is 2. The van der Waals surface area contributed by atoms with Crippen molar-refractivity contribution < 1.29 is 27.7 Å². The molecule has 4 nitrogen and oxygen atoms in total. The van der Waals surface area contributed by atoms with Gasteiger partial charge in [-0.05, 0) is 87.9 Å². The van der Waals surface area contributed by atoms with Crippen molar-refractivity contribution >= 4 is 0 Å². The van der Waals surface area contributed by atoms with Gasteiger partial charge in [-0.25, -0.2) is 0 Å². The molecule has 4 fully saturated rings. The molecule has 34 heavy (non-hydrogen) atoms. The minimum atomic E-state index is -1.79. The zero-order chi connectivity index (χ0) is 23.8. The van der Waals surface area contributed by atoms with Crippen molar-refractivity contribution in [1.29, 1.82) is 0 Å². The van der Waals surface area contributed by atoms with E-state index in [2.05, 4.69) is 18.7 Å². The molecule has 2 saturated heterocycles. The van der Waals surface area contributed by atoms with Crippen LogP contribution in [-0.2, 0) is 18.9 Å². The zero-order valence-corrected chi connectivity index (χ0v) is 20.4. The van der Waals surface area contributed by atoms with E-state index in [9.17, 15) is 8.78 Å². The Bertz CT molecular complexity index is 660. The molecule has 0 aromatic rings. The summed E-state index contributed by atoms with van der Waals surface area (Å²) in [6.45, 7) is 5.83. The van der Waals surface area contributed by atoms with E-state index in [-0.39, 0.29) is 12.2 Å². The summed E-state index contributed by atoms with van der Waals surface area (Å²) in [4.78, 5) is 0. The molecule has 0 atom stereocenters. The molecule has 2 aliphatic carbocycles. The molecule has 0 bridgehead atoms. The normalized spacial score (nSPS) is 39.6. The van der Waals surface area contributed by atoms with Gasteiger partial charge in [0.2, 0.25) is 0 Å². The molecule has 4 aliphatic rings. The zero-order valence-electron chi connectivity index (χ0n) is 20.4. The van der Waals surface area contributed by atoms with Crippen LogP contribution in [-0.4, -0.2) is 39.0 Å². The summed E-state index contributed by atoms with van der Waals surface area (Å²) in [5.41, 5.74) is 0. The van der Waals surface area contributed by atoms with Gasteiger partial charge in [-0.3, -0.25) is 0 Å². The lowest BCUT2D eigenvalue weighted by Crippen LogP contribution is -2.45. The Morgan fingerprint density at radius 2 is 1.21 bits per heavy atom. The Labute approximate surface area is 203 Å². The monoisotopic (exact) mass is 480 g/mol. The molecule has 0 radical (unpaired) electrons. The van der Waals surface area contributed by atoms with Gasteiger partial charge in [-0.2, -0.15) is 8.78 Å². The predicted octanol–water partition coefficient (Wildman–Crippen LogP) is 6.88. The van der Waals surface area contributed by atoms with Crippen LogP contribution in [0.2, 0.25) is 0 Å². The van der Waals surface area contributed by atoms with Gasteiger partial charge in [-0.15, -0.1) is 6.58 Å². The average molecular weight is 481 g/mol. The molecule has 0 aromatic carbocycles. The number of ether oxygens (including phenoxy) is 4. The lowest BCUT2D eigenvalue weighted by Gasteiger charge is -2.42. The van der Waals surface area contributed by atoms with E-state index in [1.165, 1.54) is 51.4 Å². The number of rotatable bonds is 8. The fourth-order valence-corrected chi connectivity index (χ4v) is 6.37. The van der Waals surface area contributed by atoms with Crippen molar-refractivity contribution in [2.24, 2.45) is 35.5 Å². The third kappa shape index (κ3) is 7.46. The van der Waals surface area contributed by atoms with Gasteiger partial charge in [-0.1, -0.05) is 18.2 Å². The molecule has 2 aliphatic heterocycles. The van der Waals surface area contributed by atoms with E-state index in [1.54, 1.807) is 0 Å². The topological polar surface area (TPSA) is 36.9 Å². The summed E-state index contributed by atoms with van der Waals surface area (Å²) >= 11 is 0. The molecule has 2 heterocycles. The van der Waals surface area contributed by atoms with Crippen molar-refractivity contribution in [3.8, 4) is 0 Å². The maximum atomic E-state index is 12.3. The largest absolute Gasteiger partial charge is 0.352 e. The van der Waals surface area contributed by atoms with Crippen molar-refractivity contribution in [3.63, 3.8) is 0 Å². The van der Waals surface area contributed by atoms with Crippen LogP contribution in [0.25, 0.3) is 0 Å². The SMILES string of the molecule is C=CCCC=CC1CCC(C2CCC(C3COC(C4COC(C=C(F)F)OC4)OC3)CC2)CC1. The molecule has 6 heteroatoms. The second-order valence-electron chi connectivity index (χ2n) is 10.7.